The molecule has 1 amide bonds. The van der Waals surface area contributed by atoms with Gasteiger partial charge < -0.3 is 10.2 Å². The lowest BCUT2D eigenvalue weighted by atomic mass is 9.84. The van der Waals surface area contributed by atoms with Crippen molar-refractivity contribution in [1.29, 1.82) is 0 Å². The number of hydrogen-bond donors (Lipinski definition) is 1. The van der Waals surface area contributed by atoms with Gasteiger partial charge in [0.25, 0.3) is 5.91 Å². The van der Waals surface area contributed by atoms with Crippen molar-refractivity contribution >= 4 is 29.0 Å². The van der Waals surface area contributed by atoms with Gasteiger partial charge in [0.2, 0.25) is 0 Å². The molecule has 24 heavy (non-hydrogen) atoms. The first-order chi connectivity index (χ1) is 11.7. The van der Waals surface area contributed by atoms with Gasteiger partial charge in [0.1, 0.15) is 0 Å². The molecule has 3 nitrogen and oxygen atoms in total. The Morgan fingerprint density at radius 3 is 2.71 bits per heavy atom. The summed E-state index contributed by atoms with van der Waals surface area (Å²) in [5, 5.41) is 3.28. The van der Waals surface area contributed by atoms with Gasteiger partial charge in [-0.2, -0.15) is 0 Å². The fourth-order valence-corrected chi connectivity index (χ4v) is 5.72. The molecule has 3 aliphatic heterocycles. The van der Waals surface area contributed by atoms with E-state index in [0.29, 0.717) is 12.0 Å². The summed E-state index contributed by atoms with van der Waals surface area (Å²) in [5.41, 5.74) is 1.27. The van der Waals surface area contributed by atoms with E-state index in [-0.39, 0.29) is 5.91 Å². The molecule has 2 bridgehead atoms. The monoisotopic (exact) mass is 358 g/mol. The molecule has 2 aromatic rings. The number of carbonyl (C=O) groups excluding carboxylic acids is 1. The second kappa shape index (κ2) is 6.90. The molecular formula is C19H22N2OS2. The average Bonchev–Trinajstić information content (AvgIpc) is 3.07. The van der Waals surface area contributed by atoms with Gasteiger partial charge in [-0.1, -0.05) is 30.0 Å². The number of fused-ring (bicyclic) bond motifs is 3. The first kappa shape index (κ1) is 16.2. The first-order valence-electron chi connectivity index (χ1n) is 8.55. The van der Waals surface area contributed by atoms with E-state index in [0.717, 1.165) is 11.4 Å². The Hall–Kier alpha value is -1.30. The van der Waals surface area contributed by atoms with Crippen molar-refractivity contribution in [3.63, 3.8) is 0 Å². The molecule has 5 heteroatoms. The van der Waals surface area contributed by atoms with Gasteiger partial charge in [0.05, 0.1) is 9.09 Å². The number of nitrogens with zero attached hydrogens (tertiary/aromatic N) is 1. The third-order valence-corrected chi connectivity index (χ3v) is 7.48. The lowest BCUT2D eigenvalue weighted by Gasteiger charge is -2.44. The first-order valence-corrected chi connectivity index (χ1v) is 10.2. The minimum atomic E-state index is 0.0929. The van der Waals surface area contributed by atoms with Crippen molar-refractivity contribution in [2.24, 2.45) is 5.92 Å². The van der Waals surface area contributed by atoms with Crippen LogP contribution in [-0.2, 0) is 0 Å². The number of hydrogen-bond acceptors (Lipinski definition) is 4. The highest BCUT2D eigenvalue weighted by atomic mass is 32.2. The van der Waals surface area contributed by atoms with E-state index in [2.05, 4.69) is 47.5 Å². The maximum atomic E-state index is 12.6. The minimum Gasteiger partial charge on any atom is -0.347 e. The lowest BCUT2D eigenvalue weighted by molar-refractivity contribution is 0.0622. The van der Waals surface area contributed by atoms with E-state index in [1.165, 1.54) is 40.6 Å². The maximum Gasteiger partial charge on any atom is 0.261 e. The summed E-state index contributed by atoms with van der Waals surface area (Å²) in [7, 11) is 0. The fourth-order valence-electron chi connectivity index (χ4n) is 3.64. The third-order valence-electron chi connectivity index (χ3n) is 5.08. The number of amides is 1. The normalized spacial score (nSPS) is 25.6. The molecule has 1 atom stereocenters. The standard InChI is InChI=1S/C19H22N2OS2/c1-13-4-2-3-5-16(13)23-18-7-6-17(24-18)19(22)20-15-12-21-10-8-14(15)9-11-21/h2-7,14-15H,8-12H2,1H3,(H,20,22)/t15-/m0/s1. The summed E-state index contributed by atoms with van der Waals surface area (Å²) in [5.74, 6) is 0.759. The van der Waals surface area contributed by atoms with Crippen molar-refractivity contribution in [3.05, 3.63) is 46.8 Å². The molecule has 0 unspecified atom stereocenters. The number of nitrogens with one attached hydrogen (secondary N) is 1. The highest BCUT2D eigenvalue weighted by Crippen LogP contribution is 2.35. The van der Waals surface area contributed by atoms with Crippen LogP contribution in [0, 0.1) is 12.8 Å². The van der Waals surface area contributed by atoms with Gasteiger partial charge in [-0.25, -0.2) is 0 Å². The van der Waals surface area contributed by atoms with Gasteiger partial charge in [-0.15, -0.1) is 11.3 Å². The highest BCUT2D eigenvalue weighted by Gasteiger charge is 2.35. The van der Waals surface area contributed by atoms with Crippen LogP contribution in [0.4, 0.5) is 0 Å². The molecule has 126 valence electrons. The zero-order valence-corrected chi connectivity index (χ0v) is 15.5. The Kier molecular flexibility index (Phi) is 4.66. The predicted octanol–water partition coefficient (Wildman–Crippen LogP) is 4.03. The molecule has 0 radical (unpaired) electrons. The van der Waals surface area contributed by atoms with Crippen molar-refractivity contribution in [2.45, 2.75) is 34.9 Å². The Morgan fingerprint density at radius 2 is 2.00 bits per heavy atom. The molecule has 1 aromatic carbocycles. The number of thiophene rings is 1. The van der Waals surface area contributed by atoms with Crippen LogP contribution in [0.3, 0.4) is 0 Å². The SMILES string of the molecule is Cc1ccccc1Sc1ccc(C(=O)N[C@H]2CN3CCC2CC3)s1. The Morgan fingerprint density at radius 1 is 1.21 bits per heavy atom. The van der Waals surface area contributed by atoms with Gasteiger partial charge in [0.15, 0.2) is 0 Å². The number of aryl methyl sites for hydroxylation is 1. The molecule has 3 fully saturated rings. The molecule has 1 aromatic heterocycles. The van der Waals surface area contributed by atoms with Crippen LogP contribution in [0.15, 0.2) is 45.5 Å². The molecular weight excluding hydrogens is 336 g/mol. The van der Waals surface area contributed by atoms with Crippen LogP contribution < -0.4 is 5.32 Å². The van der Waals surface area contributed by atoms with Crippen molar-refractivity contribution in [3.8, 4) is 0 Å². The zero-order valence-electron chi connectivity index (χ0n) is 13.8. The van der Waals surface area contributed by atoms with E-state index in [9.17, 15) is 4.79 Å². The summed E-state index contributed by atoms with van der Waals surface area (Å²) in [6, 6.07) is 12.7. The molecule has 4 heterocycles. The average molecular weight is 359 g/mol. The van der Waals surface area contributed by atoms with Crippen molar-refractivity contribution in [1.82, 2.24) is 10.2 Å². The third kappa shape index (κ3) is 3.39. The van der Waals surface area contributed by atoms with E-state index < -0.39 is 0 Å². The van der Waals surface area contributed by atoms with Crippen molar-refractivity contribution < 1.29 is 4.79 Å². The zero-order chi connectivity index (χ0) is 16.5. The Labute approximate surface area is 151 Å². The maximum absolute atomic E-state index is 12.6. The van der Waals surface area contributed by atoms with Crippen LogP contribution in [0.25, 0.3) is 0 Å². The summed E-state index contributed by atoms with van der Waals surface area (Å²) in [4.78, 5) is 17.1. The van der Waals surface area contributed by atoms with Crippen LogP contribution >= 0.6 is 23.1 Å². The number of piperidine rings is 3. The highest BCUT2D eigenvalue weighted by molar-refractivity contribution is 8.01. The molecule has 3 saturated heterocycles. The number of rotatable bonds is 4. The minimum absolute atomic E-state index is 0.0929. The summed E-state index contributed by atoms with van der Waals surface area (Å²) in [6.45, 7) is 5.55. The lowest BCUT2D eigenvalue weighted by Crippen LogP contribution is -2.57. The van der Waals surface area contributed by atoms with Gasteiger partial charge >= 0.3 is 0 Å². The van der Waals surface area contributed by atoms with Crippen LogP contribution in [0.5, 0.6) is 0 Å². The molecule has 1 N–H and O–H groups in total. The summed E-state index contributed by atoms with van der Waals surface area (Å²) < 4.78 is 1.17. The van der Waals surface area contributed by atoms with Crippen molar-refractivity contribution in [2.75, 3.05) is 19.6 Å². The van der Waals surface area contributed by atoms with Crippen LogP contribution in [0.1, 0.15) is 28.1 Å². The van der Waals surface area contributed by atoms with Crippen LogP contribution in [-0.4, -0.2) is 36.5 Å². The smallest absolute Gasteiger partial charge is 0.261 e. The second-order valence-electron chi connectivity index (χ2n) is 6.70. The van der Waals surface area contributed by atoms with E-state index in [4.69, 9.17) is 0 Å². The summed E-state index contributed by atoms with van der Waals surface area (Å²) in [6.07, 6.45) is 2.45. The molecule has 0 saturated carbocycles. The molecule has 0 spiro atoms. The Balaban J connectivity index is 1.41. The van der Waals surface area contributed by atoms with Gasteiger partial charge in [-0.3, -0.25) is 4.79 Å². The molecule has 0 aliphatic carbocycles. The second-order valence-corrected chi connectivity index (χ2v) is 9.13. The topological polar surface area (TPSA) is 32.3 Å². The predicted molar refractivity (Wildman–Crippen MR) is 100 cm³/mol. The molecule has 3 aliphatic rings. The number of benzene rings is 1. The van der Waals surface area contributed by atoms with E-state index in [1.807, 2.05) is 6.07 Å². The Bertz CT molecular complexity index is 734. The summed E-state index contributed by atoms with van der Waals surface area (Å²) >= 11 is 3.33. The van der Waals surface area contributed by atoms with Gasteiger partial charge in [0, 0.05) is 17.5 Å². The fraction of sp³-hybridized carbons (Fsp3) is 0.421. The van der Waals surface area contributed by atoms with E-state index in [1.54, 1.807) is 23.1 Å². The quantitative estimate of drug-likeness (QED) is 0.895. The largest absolute Gasteiger partial charge is 0.347 e. The van der Waals surface area contributed by atoms with E-state index >= 15 is 0 Å². The molecule has 5 rings (SSSR count). The van der Waals surface area contributed by atoms with Crippen LogP contribution in [0.2, 0.25) is 0 Å². The van der Waals surface area contributed by atoms with Gasteiger partial charge in [-0.05, 0) is 62.5 Å². The number of carbonyl (C=O) groups is 1.